The number of para-hydroxylation sites is 1. The van der Waals surface area contributed by atoms with Crippen LogP contribution in [-0.4, -0.2) is 144 Å². The molecular formula is C47H68N16O10. The molecule has 26 nitrogen and oxygen atoms in total. The van der Waals surface area contributed by atoms with Gasteiger partial charge in [0.25, 0.3) is 0 Å². The van der Waals surface area contributed by atoms with Crippen LogP contribution in [0.5, 0.6) is 0 Å². The lowest BCUT2D eigenvalue weighted by Gasteiger charge is -2.27. The number of aliphatic hydroxyl groups is 1. The second-order valence-corrected chi connectivity index (χ2v) is 17.5. The SMILES string of the molecule is CC(=O)N[C@@H](CCCNC(=N)N)C(=O)N[C@H]1CC(=O)NCCCC[C@@H](C(N)=O)NC(=O)[C@H](Cc2c[nH]c3ccccc23)NC(=O)[C@H](CCCNC(=N)N)NC(=O)[C@@H](Cc2ccccc2)NC(=O)[C@H](CO)NC1=O. The maximum absolute atomic E-state index is 14.5. The summed E-state index contributed by atoms with van der Waals surface area (Å²) in [6.45, 7) is 0.397. The fraction of sp³-hybridized carbons (Fsp3) is 0.468. The quantitative estimate of drug-likeness (QED) is 0.0349. The second-order valence-electron chi connectivity index (χ2n) is 17.5. The van der Waals surface area contributed by atoms with Crippen LogP contribution in [0.25, 0.3) is 10.9 Å². The molecule has 26 heteroatoms. The minimum atomic E-state index is -1.77. The van der Waals surface area contributed by atoms with Gasteiger partial charge in [-0.1, -0.05) is 48.5 Å². The van der Waals surface area contributed by atoms with Gasteiger partial charge in [0, 0.05) is 56.5 Å². The van der Waals surface area contributed by atoms with Gasteiger partial charge >= 0.3 is 0 Å². The molecule has 0 bridgehead atoms. The number of benzene rings is 2. The normalized spacial score (nSPS) is 21.3. The van der Waals surface area contributed by atoms with Gasteiger partial charge in [-0.05, 0) is 62.1 Å². The lowest BCUT2D eigenvalue weighted by atomic mass is 10.0. The predicted octanol–water partition coefficient (Wildman–Crippen LogP) is -3.94. The largest absolute Gasteiger partial charge is 0.394 e. The van der Waals surface area contributed by atoms with Crippen LogP contribution in [-0.2, 0) is 56.0 Å². The number of carbonyl (C=O) groups is 9. The topological polar surface area (TPSA) is 436 Å². The molecule has 1 aliphatic rings. The number of guanidine groups is 2. The first-order valence-electron chi connectivity index (χ1n) is 23.9. The Morgan fingerprint density at radius 1 is 0.726 bits per heavy atom. The maximum atomic E-state index is 14.5. The summed E-state index contributed by atoms with van der Waals surface area (Å²) in [7, 11) is 0. The molecule has 0 spiro atoms. The zero-order chi connectivity index (χ0) is 53.5. The highest BCUT2D eigenvalue weighted by Crippen LogP contribution is 2.20. The number of primary amides is 1. The molecule has 20 N–H and O–H groups in total. The average molecular weight is 1020 g/mol. The number of nitrogens with two attached hydrogens (primary N) is 3. The Balaban J connectivity index is 1.73. The number of fused-ring (bicyclic) bond motifs is 1. The summed E-state index contributed by atoms with van der Waals surface area (Å²) in [5.41, 5.74) is 18.5. The average Bonchev–Trinajstić information content (AvgIpc) is 3.75. The summed E-state index contributed by atoms with van der Waals surface area (Å²) in [5, 5.41) is 52.0. The minimum absolute atomic E-state index is 0.00642. The first-order chi connectivity index (χ1) is 34.8. The van der Waals surface area contributed by atoms with Gasteiger partial charge in [-0.25, -0.2) is 0 Å². The van der Waals surface area contributed by atoms with Crippen LogP contribution in [0, 0.1) is 10.8 Å². The van der Waals surface area contributed by atoms with Crippen molar-refractivity contribution in [2.45, 2.75) is 113 Å². The first kappa shape index (κ1) is 57.3. The monoisotopic (exact) mass is 1020 g/mol. The summed E-state index contributed by atoms with van der Waals surface area (Å²) in [5.74, 6) is -8.43. The summed E-state index contributed by atoms with van der Waals surface area (Å²) >= 11 is 0. The number of hydrogen-bond acceptors (Lipinski definition) is 12. The lowest BCUT2D eigenvalue weighted by molar-refractivity contribution is -0.136. The molecule has 73 heavy (non-hydrogen) atoms. The lowest BCUT2D eigenvalue weighted by Crippen LogP contribution is -2.61. The van der Waals surface area contributed by atoms with Gasteiger partial charge in [0.15, 0.2) is 11.9 Å². The van der Waals surface area contributed by atoms with E-state index in [1.165, 1.54) is 6.92 Å². The zero-order valence-corrected chi connectivity index (χ0v) is 40.6. The van der Waals surface area contributed by atoms with E-state index in [0.717, 1.165) is 10.9 Å². The van der Waals surface area contributed by atoms with Crippen molar-refractivity contribution < 1.29 is 48.3 Å². The molecular weight excluding hydrogens is 949 g/mol. The van der Waals surface area contributed by atoms with E-state index in [9.17, 15) is 48.3 Å². The molecule has 396 valence electrons. The van der Waals surface area contributed by atoms with Crippen LogP contribution in [0.1, 0.15) is 69.4 Å². The number of carbonyl (C=O) groups excluding carboxylic acids is 9. The second kappa shape index (κ2) is 29.1. The molecule has 1 aliphatic heterocycles. The van der Waals surface area contributed by atoms with E-state index in [1.54, 1.807) is 42.6 Å². The molecule has 1 saturated heterocycles. The standard InChI is InChI=1S/C47H68N16O10/c1-26(65)57-32(16-9-19-54-46(49)50)40(68)62-36-23-38(66)53-18-8-7-15-31(39(48)67)58-43(71)35(22-28-24-56-30-14-6-5-13-29(28)30)61-41(69)33(17-10-20-55-47(51)52)59-42(70)34(21-27-11-3-2-4-12-27)60-45(73)37(25-64)63-44(36)72/h2-6,11-14,24,31-37,56,64H,7-10,15-23,25H2,1H3,(H2,48,67)(H,53,66)(H,57,65)(H,58,71)(H,59,70)(H,60,73)(H,61,69)(H,62,68)(H,63,72)(H4,49,50,54)(H4,51,52,55)/t31-,32-,33-,34+,35-,36-,37-/m0/s1. The molecule has 1 fully saturated rings. The van der Waals surface area contributed by atoms with E-state index in [4.69, 9.17) is 28.0 Å². The number of nitrogens with one attached hydrogen (secondary N) is 13. The molecule has 0 aliphatic carbocycles. The fourth-order valence-corrected chi connectivity index (χ4v) is 7.91. The molecule has 2 heterocycles. The van der Waals surface area contributed by atoms with Crippen LogP contribution in [0.2, 0.25) is 0 Å². The van der Waals surface area contributed by atoms with Crippen LogP contribution < -0.4 is 70.4 Å². The summed E-state index contributed by atoms with van der Waals surface area (Å²) in [6.07, 6.45) is 1.51. The van der Waals surface area contributed by atoms with Gasteiger partial charge < -0.3 is 80.5 Å². The Kier molecular flexibility index (Phi) is 22.9. The van der Waals surface area contributed by atoms with Crippen molar-refractivity contribution in [3.05, 3.63) is 71.9 Å². The molecule has 1 aromatic heterocycles. The molecule has 4 rings (SSSR count). The van der Waals surface area contributed by atoms with Crippen molar-refractivity contribution in [1.29, 1.82) is 10.8 Å². The van der Waals surface area contributed by atoms with Crippen LogP contribution in [0.15, 0.2) is 60.8 Å². The van der Waals surface area contributed by atoms with Crippen molar-refractivity contribution in [1.82, 2.24) is 58.2 Å². The number of amides is 9. The van der Waals surface area contributed by atoms with E-state index in [-0.39, 0.29) is 89.3 Å². The number of aromatic nitrogens is 1. The van der Waals surface area contributed by atoms with Crippen LogP contribution in [0.4, 0.5) is 0 Å². The molecule has 0 radical (unpaired) electrons. The zero-order valence-electron chi connectivity index (χ0n) is 40.6. The van der Waals surface area contributed by atoms with E-state index in [0.29, 0.717) is 11.1 Å². The summed E-state index contributed by atoms with van der Waals surface area (Å²) < 4.78 is 0. The Morgan fingerprint density at radius 2 is 1.32 bits per heavy atom. The highest BCUT2D eigenvalue weighted by Gasteiger charge is 2.35. The van der Waals surface area contributed by atoms with Crippen molar-refractivity contribution in [2.75, 3.05) is 26.2 Å². The van der Waals surface area contributed by atoms with E-state index in [2.05, 4.69) is 58.2 Å². The Labute approximate surface area is 421 Å². The van der Waals surface area contributed by atoms with E-state index in [1.807, 2.05) is 18.2 Å². The number of H-pyrrole nitrogens is 1. The highest BCUT2D eigenvalue weighted by molar-refractivity contribution is 5.99. The van der Waals surface area contributed by atoms with Crippen molar-refractivity contribution >= 4 is 76.0 Å². The summed E-state index contributed by atoms with van der Waals surface area (Å²) in [4.78, 5) is 126. The molecule has 0 saturated carbocycles. The van der Waals surface area contributed by atoms with Crippen LogP contribution in [0.3, 0.4) is 0 Å². The molecule has 0 unspecified atom stereocenters. The van der Waals surface area contributed by atoms with E-state index >= 15 is 0 Å². The van der Waals surface area contributed by atoms with Crippen LogP contribution >= 0.6 is 0 Å². The van der Waals surface area contributed by atoms with Crippen molar-refractivity contribution in [3.8, 4) is 0 Å². The molecule has 2 aromatic carbocycles. The van der Waals surface area contributed by atoms with E-state index < -0.39 is 108 Å². The predicted molar refractivity (Wildman–Crippen MR) is 267 cm³/mol. The number of rotatable bonds is 17. The number of aromatic amines is 1. The van der Waals surface area contributed by atoms with Gasteiger partial charge in [-0.2, -0.15) is 0 Å². The third-order valence-electron chi connectivity index (χ3n) is 11.7. The van der Waals surface area contributed by atoms with Gasteiger partial charge in [-0.3, -0.25) is 54.0 Å². The third-order valence-corrected chi connectivity index (χ3v) is 11.7. The Bertz CT molecular complexity index is 2430. The Hall–Kier alpha value is -8.29. The van der Waals surface area contributed by atoms with Gasteiger partial charge in [0.05, 0.1) is 13.0 Å². The Morgan fingerprint density at radius 3 is 1.97 bits per heavy atom. The van der Waals surface area contributed by atoms with Crippen molar-refractivity contribution in [3.63, 3.8) is 0 Å². The van der Waals surface area contributed by atoms with Crippen molar-refractivity contribution in [2.24, 2.45) is 17.2 Å². The highest BCUT2D eigenvalue weighted by atomic mass is 16.3. The maximum Gasteiger partial charge on any atom is 0.245 e. The third kappa shape index (κ3) is 19.4. The van der Waals surface area contributed by atoms with Gasteiger partial charge in [-0.15, -0.1) is 0 Å². The number of aliphatic hydroxyl groups excluding tert-OH is 1. The van der Waals surface area contributed by atoms with Gasteiger partial charge in [0.2, 0.25) is 53.2 Å². The first-order valence-corrected chi connectivity index (χ1v) is 23.9. The number of hydrogen-bond donors (Lipinski definition) is 17. The smallest absolute Gasteiger partial charge is 0.245 e. The molecule has 7 atom stereocenters. The summed E-state index contributed by atoms with van der Waals surface area (Å²) in [6, 6.07) is 5.56. The fourth-order valence-electron chi connectivity index (χ4n) is 7.91. The molecule has 9 amide bonds. The minimum Gasteiger partial charge on any atom is -0.394 e. The van der Waals surface area contributed by atoms with Gasteiger partial charge in [0.1, 0.15) is 42.3 Å². The molecule has 3 aromatic rings.